The van der Waals surface area contributed by atoms with Crippen LogP contribution in [0, 0.1) is 0 Å². The van der Waals surface area contributed by atoms with E-state index in [0.29, 0.717) is 6.42 Å². The molecule has 0 radical (unpaired) electrons. The van der Waals surface area contributed by atoms with Gasteiger partial charge in [-0.3, -0.25) is 0 Å². The predicted octanol–water partition coefficient (Wildman–Crippen LogP) is 0.764. The molecule has 3 atom stereocenters. The molecule has 0 aromatic carbocycles. The minimum absolute atomic E-state index is 0.0391. The largest absolute Gasteiger partial charge is 0.428 e. The summed E-state index contributed by atoms with van der Waals surface area (Å²) in [5, 5.41) is 0. The van der Waals surface area contributed by atoms with Gasteiger partial charge in [0.25, 0.3) is 0 Å². The van der Waals surface area contributed by atoms with E-state index in [0.717, 1.165) is 6.42 Å². The molecule has 0 saturated carbocycles. The Hall–Kier alpha value is -0.870. The maximum atomic E-state index is 11.1. The molecule has 4 nitrogen and oxygen atoms in total. The van der Waals surface area contributed by atoms with Gasteiger partial charge < -0.3 is 14.2 Å². The van der Waals surface area contributed by atoms with Crippen LogP contribution in [0.1, 0.15) is 19.8 Å². The maximum absolute atomic E-state index is 11.1. The molecular weight excluding hydrogens is 184 g/mol. The first-order valence-electron chi connectivity index (χ1n) is 4.87. The molecule has 3 heterocycles. The van der Waals surface area contributed by atoms with Crippen LogP contribution in [0.5, 0.6) is 0 Å². The summed E-state index contributed by atoms with van der Waals surface area (Å²) in [7, 11) is 0. The summed E-state index contributed by atoms with van der Waals surface area (Å²) < 4.78 is 16.5. The van der Waals surface area contributed by atoms with Gasteiger partial charge in [0.1, 0.15) is 12.2 Å². The Morgan fingerprint density at radius 1 is 1.57 bits per heavy atom. The van der Waals surface area contributed by atoms with E-state index < -0.39 is 11.4 Å². The van der Waals surface area contributed by atoms with Crippen LogP contribution in [-0.4, -0.2) is 30.1 Å². The van der Waals surface area contributed by atoms with Crippen LogP contribution in [0.2, 0.25) is 0 Å². The minimum atomic E-state index is -0.867. The molecule has 3 unspecified atom stereocenters. The van der Waals surface area contributed by atoms with Gasteiger partial charge in [0.15, 0.2) is 0 Å². The van der Waals surface area contributed by atoms with Crippen LogP contribution in [0.25, 0.3) is 0 Å². The molecule has 14 heavy (non-hydrogen) atoms. The number of hydrogen-bond donors (Lipinski definition) is 0. The lowest BCUT2D eigenvalue weighted by Crippen LogP contribution is -2.56. The molecule has 4 heteroatoms. The van der Waals surface area contributed by atoms with Gasteiger partial charge in [-0.1, -0.05) is 6.08 Å². The SMILES string of the molecule is CC12C=CC(CCC13OCC(=O)O3)O2. The maximum Gasteiger partial charge on any atom is 0.334 e. The number of esters is 1. The van der Waals surface area contributed by atoms with Crippen molar-refractivity contribution >= 4 is 5.97 Å². The first kappa shape index (κ1) is 8.44. The smallest absolute Gasteiger partial charge is 0.334 e. The summed E-state index contributed by atoms with van der Waals surface area (Å²) >= 11 is 0. The zero-order valence-corrected chi connectivity index (χ0v) is 7.99. The number of rotatable bonds is 0. The quantitative estimate of drug-likeness (QED) is 0.424. The van der Waals surface area contributed by atoms with E-state index in [2.05, 4.69) is 0 Å². The van der Waals surface area contributed by atoms with Gasteiger partial charge in [0.2, 0.25) is 5.79 Å². The molecule has 3 aliphatic rings. The first-order chi connectivity index (χ1) is 6.64. The summed E-state index contributed by atoms with van der Waals surface area (Å²) in [5.41, 5.74) is -0.595. The number of carbonyl (C=O) groups excluding carboxylic acids is 1. The molecule has 3 rings (SSSR count). The molecule has 0 N–H and O–H groups in total. The van der Waals surface area contributed by atoms with E-state index in [1.165, 1.54) is 0 Å². The van der Waals surface area contributed by atoms with Crippen molar-refractivity contribution in [1.82, 2.24) is 0 Å². The highest BCUT2D eigenvalue weighted by molar-refractivity contribution is 5.73. The van der Waals surface area contributed by atoms with Crippen LogP contribution in [0.15, 0.2) is 12.2 Å². The van der Waals surface area contributed by atoms with E-state index in [1.54, 1.807) is 0 Å². The van der Waals surface area contributed by atoms with Gasteiger partial charge in [0, 0.05) is 6.42 Å². The first-order valence-corrected chi connectivity index (χ1v) is 4.87. The second-order valence-corrected chi connectivity index (χ2v) is 4.18. The fourth-order valence-electron chi connectivity index (χ4n) is 2.42. The Labute approximate surface area is 81.8 Å². The summed E-state index contributed by atoms with van der Waals surface area (Å²) in [6, 6.07) is 0. The third kappa shape index (κ3) is 0.875. The fourth-order valence-corrected chi connectivity index (χ4v) is 2.42. The van der Waals surface area contributed by atoms with Gasteiger partial charge in [-0.25, -0.2) is 4.79 Å². The molecule has 3 aliphatic heterocycles. The lowest BCUT2D eigenvalue weighted by Gasteiger charge is -2.43. The van der Waals surface area contributed by atoms with Crippen molar-refractivity contribution in [3.05, 3.63) is 12.2 Å². The number of ether oxygens (including phenoxy) is 3. The molecule has 2 bridgehead atoms. The Morgan fingerprint density at radius 3 is 3.14 bits per heavy atom. The normalized spacial score (nSPS) is 50.1. The van der Waals surface area contributed by atoms with Crippen LogP contribution in [0.3, 0.4) is 0 Å². The Balaban J connectivity index is 1.99. The molecule has 0 aromatic rings. The molecule has 76 valence electrons. The average Bonchev–Trinajstić information content (AvgIpc) is 2.66. The summed E-state index contributed by atoms with van der Waals surface area (Å²) in [6.45, 7) is 1.94. The summed E-state index contributed by atoms with van der Waals surface area (Å²) in [6.07, 6.45) is 5.69. The highest BCUT2D eigenvalue weighted by Gasteiger charge is 2.61. The minimum Gasteiger partial charge on any atom is -0.428 e. The lowest BCUT2D eigenvalue weighted by molar-refractivity contribution is -0.283. The van der Waals surface area contributed by atoms with Gasteiger partial charge in [-0.2, -0.15) is 0 Å². The Bertz CT molecular complexity index is 324. The topological polar surface area (TPSA) is 44.8 Å². The molecular formula is C10H12O4. The van der Waals surface area contributed by atoms with Gasteiger partial charge in [0.05, 0.1) is 6.10 Å². The number of hydrogen-bond acceptors (Lipinski definition) is 4. The van der Waals surface area contributed by atoms with Crippen LogP contribution in [0.4, 0.5) is 0 Å². The molecule has 0 aliphatic carbocycles. The highest BCUT2D eigenvalue weighted by Crippen LogP contribution is 2.47. The van der Waals surface area contributed by atoms with Crippen LogP contribution in [-0.2, 0) is 19.0 Å². The van der Waals surface area contributed by atoms with E-state index >= 15 is 0 Å². The fraction of sp³-hybridized carbons (Fsp3) is 0.700. The van der Waals surface area contributed by atoms with Crippen molar-refractivity contribution in [1.29, 1.82) is 0 Å². The summed E-state index contributed by atoms with van der Waals surface area (Å²) in [5.74, 6) is -1.17. The third-order valence-electron chi connectivity index (χ3n) is 3.24. The van der Waals surface area contributed by atoms with Crippen molar-refractivity contribution in [3.8, 4) is 0 Å². The van der Waals surface area contributed by atoms with Crippen molar-refractivity contribution in [2.75, 3.05) is 6.61 Å². The van der Waals surface area contributed by atoms with Gasteiger partial charge in [-0.05, 0) is 19.4 Å². The summed E-state index contributed by atoms with van der Waals surface area (Å²) in [4.78, 5) is 11.1. The molecule has 0 amide bonds. The van der Waals surface area contributed by atoms with Crippen molar-refractivity contribution < 1.29 is 19.0 Å². The van der Waals surface area contributed by atoms with Crippen LogP contribution < -0.4 is 0 Å². The molecule has 2 saturated heterocycles. The monoisotopic (exact) mass is 196 g/mol. The number of carbonyl (C=O) groups is 1. The molecule has 1 spiro atoms. The van der Waals surface area contributed by atoms with Crippen molar-refractivity contribution in [3.63, 3.8) is 0 Å². The second kappa shape index (κ2) is 2.38. The molecule has 2 fully saturated rings. The highest BCUT2D eigenvalue weighted by atomic mass is 16.8. The zero-order chi connectivity index (χ0) is 9.81. The average molecular weight is 196 g/mol. The van der Waals surface area contributed by atoms with E-state index in [9.17, 15) is 4.79 Å². The third-order valence-corrected chi connectivity index (χ3v) is 3.24. The number of fused-ring (bicyclic) bond motifs is 3. The lowest BCUT2D eigenvalue weighted by atomic mass is 9.90. The second-order valence-electron chi connectivity index (χ2n) is 4.18. The predicted molar refractivity (Wildman–Crippen MR) is 46.4 cm³/mol. The van der Waals surface area contributed by atoms with Gasteiger partial charge in [-0.15, -0.1) is 0 Å². The van der Waals surface area contributed by atoms with Crippen molar-refractivity contribution in [2.45, 2.75) is 37.3 Å². The van der Waals surface area contributed by atoms with Crippen molar-refractivity contribution in [2.24, 2.45) is 0 Å². The zero-order valence-electron chi connectivity index (χ0n) is 7.99. The van der Waals surface area contributed by atoms with E-state index in [-0.39, 0.29) is 18.7 Å². The molecule has 0 aromatic heterocycles. The van der Waals surface area contributed by atoms with E-state index in [1.807, 2.05) is 19.1 Å². The van der Waals surface area contributed by atoms with Crippen LogP contribution >= 0.6 is 0 Å². The standard InChI is InChI=1S/C10H12O4/c1-9-4-2-7(13-9)3-5-10(9)12-6-8(11)14-10/h2,4,7H,3,5-6H2,1H3. The Kier molecular flexibility index (Phi) is 1.43. The van der Waals surface area contributed by atoms with E-state index in [4.69, 9.17) is 14.2 Å². The van der Waals surface area contributed by atoms with Gasteiger partial charge >= 0.3 is 5.97 Å². The Morgan fingerprint density at radius 2 is 2.43 bits per heavy atom.